The second kappa shape index (κ2) is 8.90. The molecule has 1 N–H and O–H groups in total. The third-order valence-corrected chi connectivity index (χ3v) is 4.00. The molecule has 1 amide bonds. The van der Waals surface area contributed by atoms with Crippen molar-refractivity contribution in [1.29, 1.82) is 0 Å². The van der Waals surface area contributed by atoms with E-state index in [2.05, 4.69) is 5.32 Å². The van der Waals surface area contributed by atoms with E-state index in [4.69, 9.17) is 16.3 Å². The van der Waals surface area contributed by atoms with E-state index >= 15 is 0 Å². The molecule has 1 unspecified atom stereocenters. The first kappa shape index (κ1) is 20.8. The molecule has 0 aliphatic rings. The van der Waals surface area contributed by atoms with Gasteiger partial charge in [0.1, 0.15) is 5.75 Å². The quantitative estimate of drug-likeness (QED) is 0.571. The van der Waals surface area contributed by atoms with Crippen molar-refractivity contribution >= 4 is 23.5 Å². The molecule has 0 aromatic heterocycles. The number of rotatable bonds is 6. The Bertz CT molecular complexity index is 807. The molecular weight excluding hydrogens is 383 g/mol. The first-order valence-electron chi connectivity index (χ1n) is 8.05. The van der Waals surface area contributed by atoms with E-state index in [-0.39, 0.29) is 24.6 Å². The maximum absolute atomic E-state index is 12.8. The molecule has 27 heavy (non-hydrogen) atoms. The fourth-order valence-corrected chi connectivity index (χ4v) is 2.56. The van der Waals surface area contributed by atoms with Crippen molar-refractivity contribution in [2.24, 2.45) is 0 Å². The fraction of sp³-hybridized carbons (Fsp3) is 0.263. The van der Waals surface area contributed by atoms with Gasteiger partial charge in [0.25, 0.3) is 0 Å². The van der Waals surface area contributed by atoms with Crippen LogP contribution in [0.4, 0.5) is 13.2 Å². The molecule has 1 atom stereocenters. The number of nitrogens with one attached hydrogen (secondary N) is 1. The van der Waals surface area contributed by atoms with Gasteiger partial charge in [-0.3, -0.25) is 9.59 Å². The highest BCUT2D eigenvalue weighted by Crippen LogP contribution is 2.32. The predicted octanol–water partition coefficient (Wildman–Crippen LogP) is 4.57. The van der Waals surface area contributed by atoms with Gasteiger partial charge in [-0.1, -0.05) is 29.8 Å². The summed E-state index contributed by atoms with van der Waals surface area (Å²) in [6.45, 7) is 1.55. The van der Waals surface area contributed by atoms with Crippen LogP contribution in [0.5, 0.6) is 5.75 Å². The molecule has 0 radical (unpaired) electrons. The Kier molecular flexibility index (Phi) is 6.85. The number of carbonyl (C=O) groups excluding carboxylic acids is 2. The van der Waals surface area contributed by atoms with E-state index in [0.29, 0.717) is 10.6 Å². The number of benzene rings is 2. The molecule has 0 heterocycles. The Hall–Kier alpha value is -2.54. The molecule has 0 spiro atoms. The summed E-state index contributed by atoms with van der Waals surface area (Å²) in [7, 11) is 0. The predicted molar refractivity (Wildman–Crippen MR) is 94.6 cm³/mol. The van der Waals surface area contributed by atoms with Crippen molar-refractivity contribution < 1.29 is 27.5 Å². The van der Waals surface area contributed by atoms with Crippen LogP contribution < -0.4 is 10.1 Å². The molecule has 144 valence electrons. The summed E-state index contributed by atoms with van der Waals surface area (Å²) in [5.74, 6) is -1.95. The molecular formula is C19H17ClF3NO3. The first-order valence-corrected chi connectivity index (χ1v) is 8.43. The largest absolute Gasteiger partial charge is 0.426 e. The number of hydrogen-bond donors (Lipinski definition) is 1. The van der Waals surface area contributed by atoms with Crippen LogP contribution in [0.1, 0.15) is 30.4 Å². The third kappa shape index (κ3) is 6.29. The molecule has 8 heteroatoms. The molecule has 2 rings (SSSR count). The van der Waals surface area contributed by atoms with Crippen molar-refractivity contribution in [3.63, 3.8) is 0 Å². The Balaban J connectivity index is 2.20. The number of alkyl halides is 3. The Labute approximate surface area is 159 Å². The maximum Gasteiger partial charge on any atom is 0.416 e. The number of ether oxygens (including phenoxy) is 1. The summed E-state index contributed by atoms with van der Waals surface area (Å²) in [6.07, 6.45) is -4.32. The lowest BCUT2D eigenvalue weighted by molar-refractivity contribution is -0.139. The van der Waals surface area contributed by atoms with Crippen molar-refractivity contribution in [1.82, 2.24) is 5.32 Å². The van der Waals surface area contributed by atoms with E-state index in [1.807, 2.05) is 0 Å². The van der Waals surface area contributed by atoms with Crippen molar-refractivity contribution in [3.8, 4) is 5.75 Å². The van der Waals surface area contributed by atoms with Crippen molar-refractivity contribution in [2.75, 3.05) is 6.54 Å². The summed E-state index contributed by atoms with van der Waals surface area (Å²) >= 11 is 5.85. The zero-order chi connectivity index (χ0) is 20.0. The van der Waals surface area contributed by atoms with Crippen LogP contribution in [-0.2, 0) is 15.8 Å². The SMILES string of the molecule is CC(=O)NCCC(C(=O)Oc1cccc(C(F)(F)F)c1)c1ccc(Cl)cc1. The van der Waals surface area contributed by atoms with Gasteiger partial charge in [-0.15, -0.1) is 0 Å². The molecule has 0 aliphatic heterocycles. The monoisotopic (exact) mass is 399 g/mol. The smallest absolute Gasteiger partial charge is 0.416 e. The van der Waals surface area contributed by atoms with Gasteiger partial charge in [0, 0.05) is 18.5 Å². The van der Waals surface area contributed by atoms with Gasteiger partial charge >= 0.3 is 12.1 Å². The van der Waals surface area contributed by atoms with E-state index in [0.717, 1.165) is 12.1 Å². The van der Waals surface area contributed by atoms with Crippen molar-refractivity contribution in [3.05, 3.63) is 64.7 Å². The lowest BCUT2D eigenvalue weighted by Crippen LogP contribution is -2.26. The first-order chi connectivity index (χ1) is 12.7. The summed E-state index contributed by atoms with van der Waals surface area (Å²) < 4.78 is 43.6. The topological polar surface area (TPSA) is 55.4 Å². The van der Waals surface area contributed by atoms with Gasteiger partial charge in [0.2, 0.25) is 5.91 Å². The van der Waals surface area contributed by atoms with Crippen LogP contribution in [0.25, 0.3) is 0 Å². The molecule has 0 fully saturated rings. The summed E-state index contributed by atoms with van der Waals surface area (Å²) in [5, 5.41) is 3.06. The van der Waals surface area contributed by atoms with Crippen molar-refractivity contribution in [2.45, 2.75) is 25.4 Å². The standard InChI is InChI=1S/C19H17ClF3NO3/c1-12(25)24-10-9-17(13-5-7-15(20)8-6-13)18(26)27-16-4-2-3-14(11-16)19(21,22)23/h2-8,11,17H,9-10H2,1H3,(H,24,25). The van der Waals surface area contributed by atoms with Gasteiger partial charge in [-0.2, -0.15) is 13.2 Å². The fourth-order valence-electron chi connectivity index (χ4n) is 2.43. The molecule has 4 nitrogen and oxygen atoms in total. The zero-order valence-corrected chi connectivity index (χ0v) is 15.1. The summed E-state index contributed by atoms with van der Waals surface area (Å²) in [6, 6.07) is 10.6. The minimum absolute atomic E-state index is 0.201. The van der Waals surface area contributed by atoms with E-state index in [9.17, 15) is 22.8 Å². The second-order valence-corrected chi connectivity index (χ2v) is 6.26. The van der Waals surface area contributed by atoms with Gasteiger partial charge in [-0.25, -0.2) is 0 Å². The van der Waals surface area contributed by atoms with Crippen LogP contribution in [0.2, 0.25) is 5.02 Å². The molecule has 2 aromatic rings. The lowest BCUT2D eigenvalue weighted by Gasteiger charge is -2.17. The van der Waals surface area contributed by atoms with Crippen LogP contribution in [0, 0.1) is 0 Å². The van der Waals surface area contributed by atoms with Gasteiger partial charge < -0.3 is 10.1 Å². The zero-order valence-electron chi connectivity index (χ0n) is 14.3. The number of halogens is 4. The minimum atomic E-state index is -4.54. The number of carbonyl (C=O) groups is 2. The Morgan fingerprint density at radius 2 is 1.81 bits per heavy atom. The van der Waals surface area contributed by atoms with Crippen LogP contribution >= 0.6 is 11.6 Å². The molecule has 0 saturated carbocycles. The maximum atomic E-state index is 12.8. The minimum Gasteiger partial charge on any atom is -0.426 e. The van der Waals surface area contributed by atoms with E-state index in [1.54, 1.807) is 24.3 Å². The molecule has 0 aliphatic carbocycles. The second-order valence-electron chi connectivity index (χ2n) is 5.82. The molecule has 0 bridgehead atoms. The lowest BCUT2D eigenvalue weighted by atomic mass is 9.95. The summed E-state index contributed by atoms with van der Waals surface area (Å²) in [5.41, 5.74) is -0.323. The van der Waals surface area contributed by atoms with E-state index < -0.39 is 23.6 Å². The average Bonchev–Trinajstić information content (AvgIpc) is 2.59. The van der Waals surface area contributed by atoms with Gasteiger partial charge in [0.05, 0.1) is 11.5 Å². The molecule has 2 aromatic carbocycles. The van der Waals surface area contributed by atoms with Gasteiger partial charge in [-0.05, 0) is 42.3 Å². The molecule has 0 saturated heterocycles. The number of hydrogen-bond acceptors (Lipinski definition) is 3. The van der Waals surface area contributed by atoms with E-state index in [1.165, 1.54) is 19.1 Å². The van der Waals surface area contributed by atoms with Crippen LogP contribution in [0.15, 0.2) is 48.5 Å². The highest BCUT2D eigenvalue weighted by atomic mass is 35.5. The number of esters is 1. The highest BCUT2D eigenvalue weighted by molar-refractivity contribution is 6.30. The van der Waals surface area contributed by atoms with Crippen LogP contribution in [-0.4, -0.2) is 18.4 Å². The Morgan fingerprint density at radius 1 is 1.15 bits per heavy atom. The van der Waals surface area contributed by atoms with Crippen LogP contribution in [0.3, 0.4) is 0 Å². The third-order valence-electron chi connectivity index (χ3n) is 3.74. The normalized spacial score (nSPS) is 12.3. The summed E-state index contributed by atoms with van der Waals surface area (Å²) in [4.78, 5) is 23.6. The highest BCUT2D eigenvalue weighted by Gasteiger charge is 2.31. The number of amides is 1. The van der Waals surface area contributed by atoms with Gasteiger partial charge in [0.15, 0.2) is 0 Å². The Morgan fingerprint density at radius 3 is 2.41 bits per heavy atom. The average molecular weight is 400 g/mol.